The number of β-amino-alcohol motifs (C(OH)–C–C–N with tert-alkyl or cyclic N) is 1. The highest BCUT2D eigenvalue weighted by Crippen LogP contribution is 2.25. The first kappa shape index (κ1) is 16.9. The fourth-order valence-electron chi connectivity index (χ4n) is 3.63. The number of carbonyl (C=O) groups is 2. The van der Waals surface area contributed by atoms with Gasteiger partial charge in [-0.05, 0) is 12.8 Å². The molecule has 24 heavy (non-hydrogen) atoms. The summed E-state index contributed by atoms with van der Waals surface area (Å²) >= 11 is 0. The van der Waals surface area contributed by atoms with Crippen molar-refractivity contribution in [2.75, 3.05) is 32.8 Å². The van der Waals surface area contributed by atoms with Gasteiger partial charge in [-0.1, -0.05) is 0 Å². The molecule has 8 heteroatoms. The van der Waals surface area contributed by atoms with Crippen LogP contribution in [0.4, 0.5) is 0 Å². The van der Waals surface area contributed by atoms with Gasteiger partial charge in [-0.3, -0.25) is 19.2 Å². The van der Waals surface area contributed by atoms with Crippen LogP contribution in [0.2, 0.25) is 0 Å². The van der Waals surface area contributed by atoms with E-state index in [1.807, 2.05) is 7.05 Å². The zero-order chi connectivity index (χ0) is 17.3. The summed E-state index contributed by atoms with van der Waals surface area (Å²) in [6, 6.07) is 0. The van der Waals surface area contributed by atoms with E-state index in [1.54, 1.807) is 9.58 Å². The summed E-state index contributed by atoms with van der Waals surface area (Å²) in [6.07, 6.45) is 1.80. The average Bonchev–Trinajstić information content (AvgIpc) is 2.91. The van der Waals surface area contributed by atoms with E-state index in [-0.39, 0.29) is 18.4 Å². The number of hydrogen-bond acceptors (Lipinski definition) is 5. The Kier molecular flexibility index (Phi) is 4.86. The molecular formula is C16H24N4O4. The van der Waals surface area contributed by atoms with E-state index < -0.39 is 5.97 Å². The van der Waals surface area contributed by atoms with Gasteiger partial charge >= 0.3 is 5.97 Å². The van der Waals surface area contributed by atoms with Gasteiger partial charge in [0.25, 0.3) is 5.91 Å². The molecule has 0 aliphatic carbocycles. The zero-order valence-corrected chi connectivity index (χ0v) is 13.9. The third-order valence-electron chi connectivity index (χ3n) is 5.07. The molecule has 0 spiro atoms. The van der Waals surface area contributed by atoms with Crippen LogP contribution in [-0.4, -0.2) is 74.5 Å². The van der Waals surface area contributed by atoms with Crippen LogP contribution < -0.4 is 0 Å². The van der Waals surface area contributed by atoms with Crippen molar-refractivity contribution in [3.05, 3.63) is 17.0 Å². The minimum absolute atomic E-state index is 0.0988. The van der Waals surface area contributed by atoms with Crippen LogP contribution in [0.5, 0.6) is 0 Å². The van der Waals surface area contributed by atoms with Gasteiger partial charge in [0, 0.05) is 57.4 Å². The van der Waals surface area contributed by atoms with Crippen molar-refractivity contribution in [3.63, 3.8) is 0 Å². The summed E-state index contributed by atoms with van der Waals surface area (Å²) in [7, 11) is 1.86. The van der Waals surface area contributed by atoms with Crippen molar-refractivity contribution in [2.45, 2.75) is 25.8 Å². The number of aliphatic hydroxyl groups excluding tert-OH is 1. The molecular weight excluding hydrogens is 312 g/mol. The monoisotopic (exact) mass is 336 g/mol. The minimum Gasteiger partial charge on any atom is -0.481 e. The van der Waals surface area contributed by atoms with Crippen LogP contribution >= 0.6 is 0 Å². The molecule has 8 nitrogen and oxygen atoms in total. The molecule has 1 fully saturated rings. The topological polar surface area (TPSA) is 98.9 Å². The number of aromatic nitrogens is 2. The number of carbonyl (C=O) groups excluding carboxylic acids is 1. The number of amides is 1. The highest BCUT2D eigenvalue weighted by molar-refractivity contribution is 5.94. The largest absolute Gasteiger partial charge is 0.481 e. The number of rotatable bonds is 4. The van der Waals surface area contributed by atoms with Gasteiger partial charge in [0.05, 0.1) is 12.5 Å². The number of aryl methyl sites for hydroxylation is 1. The number of hydrogen-bond donors (Lipinski definition) is 2. The molecule has 2 aliphatic heterocycles. The lowest BCUT2D eigenvalue weighted by Crippen LogP contribution is -2.41. The Labute approximate surface area is 140 Å². The molecule has 1 aromatic rings. The van der Waals surface area contributed by atoms with Crippen LogP contribution in [0.25, 0.3) is 0 Å². The number of aliphatic hydroxyl groups is 1. The maximum Gasteiger partial charge on any atom is 0.306 e. The zero-order valence-electron chi connectivity index (χ0n) is 13.9. The highest BCUT2D eigenvalue weighted by Gasteiger charge is 2.32. The Morgan fingerprint density at radius 2 is 1.96 bits per heavy atom. The van der Waals surface area contributed by atoms with Crippen LogP contribution in [0.15, 0.2) is 0 Å². The van der Waals surface area contributed by atoms with E-state index in [1.165, 1.54) is 0 Å². The van der Waals surface area contributed by atoms with Crippen molar-refractivity contribution in [2.24, 2.45) is 13.0 Å². The number of likely N-dealkylation sites (tertiary alicyclic amines) is 1. The molecule has 0 unspecified atom stereocenters. The standard InChI is InChI=1S/C16H24N4O4/c1-18-13-4-5-19(8-9-21)10-12(13)14(17-18)15(22)20-6-2-11(3-7-20)16(23)24/h11,21H,2-10H2,1H3,(H,23,24). The first-order valence-corrected chi connectivity index (χ1v) is 8.41. The lowest BCUT2D eigenvalue weighted by molar-refractivity contribution is -0.143. The second-order valence-electron chi connectivity index (χ2n) is 6.55. The number of nitrogens with zero attached hydrogens (tertiary/aromatic N) is 4. The number of fused-ring (bicyclic) bond motifs is 1. The summed E-state index contributed by atoms with van der Waals surface area (Å²) < 4.78 is 1.78. The molecule has 1 saturated heterocycles. The molecule has 1 aromatic heterocycles. The van der Waals surface area contributed by atoms with E-state index in [0.717, 1.165) is 24.2 Å². The van der Waals surface area contributed by atoms with E-state index >= 15 is 0 Å². The van der Waals surface area contributed by atoms with Gasteiger partial charge in [0.1, 0.15) is 0 Å². The van der Waals surface area contributed by atoms with Crippen molar-refractivity contribution < 1.29 is 19.8 Å². The fraction of sp³-hybridized carbons (Fsp3) is 0.688. The van der Waals surface area contributed by atoms with Crippen molar-refractivity contribution in [1.29, 1.82) is 0 Å². The van der Waals surface area contributed by atoms with Gasteiger partial charge in [-0.25, -0.2) is 0 Å². The summed E-state index contributed by atoms with van der Waals surface area (Å²) in [5.74, 6) is -1.25. The maximum atomic E-state index is 12.9. The highest BCUT2D eigenvalue weighted by atomic mass is 16.4. The number of piperidine rings is 1. The van der Waals surface area contributed by atoms with Crippen molar-refractivity contribution in [1.82, 2.24) is 19.6 Å². The first-order chi connectivity index (χ1) is 11.5. The molecule has 1 amide bonds. The Morgan fingerprint density at radius 3 is 2.58 bits per heavy atom. The molecule has 3 rings (SSSR count). The van der Waals surface area contributed by atoms with Gasteiger partial charge in [-0.15, -0.1) is 0 Å². The molecule has 2 N–H and O–H groups in total. The van der Waals surface area contributed by atoms with E-state index in [0.29, 0.717) is 44.7 Å². The van der Waals surface area contributed by atoms with Crippen LogP contribution in [-0.2, 0) is 24.8 Å². The van der Waals surface area contributed by atoms with Crippen LogP contribution in [0.1, 0.15) is 34.6 Å². The summed E-state index contributed by atoms with van der Waals surface area (Å²) in [4.78, 5) is 27.7. The van der Waals surface area contributed by atoms with Crippen molar-refractivity contribution in [3.8, 4) is 0 Å². The molecule has 0 atom stereocenters. The molecule has 3 heterocycles. The molecule has 0 radical (unpaired) electrons. The van der Waals surface area contributed by atoms with E-state index in [4.69, 9.17) is 10.2 Å². The van der Waals surface area contributed by atoms with E-state index in [2.05, 4.69) is 10.00 Å². The van der Waals surface area contributed by atoms with Gasteiger partial charge in [0.15, 0.2) is 5.69 Å². The Morgan fingerprint density at radius 1 is 1.25 bits per heavy atom. The Balaban J connectivity index is 1.76. The Bertz CT molecular complexity index is 634. The second-order valence-corrected chi connectivity index (χ2v) is 6.55. The third-order valence-corrected chi connectivity index (χ3v) is 5.07. The summed E-state index contributed by atoms with van der Waals surface area (Å²) in [5, 5.41) is 22.7. The molecule has 2 aliphatic rings. The summed E-state index contributed by atoms with van der Waals surface area (Å²) in [6.45, 7) is 3.08. The fourth-order valence-corrected chi connectivity index (χ4v) is 3.63. The normalized spacial score (nSPS) is 19.3. The quantitative estimate of drug-likeness (QED) is 0.784. The number of carboxylic acid groups (broad SMARTS) is 1. The van der Waals surface area contributed by atoms with Gasteiger partial charge in [0.2, 0.25) is 0 Å². The second kappa shape index (κ2) is 6.90. The van der Waals surface area contributed by atoms with Crippen LogP contribution in [0, 0.1) is 5.92 Å². The van der Waals surface area contributed by atoms with Crippen LogP contribution in [0.3, 0.4) is 0 Å². The number of carboxylic acids is 1. The minimum atomic E-state index is -0.781. The predicted molar refractivity (Wildman–Crippen MR) is 85.5 cm³/mol. The van der Waals surface area contributed by atoms with Gasteiger partial charge < -0.3 is 15.1 Å². The smallest absolute Gasteiger partial charge is 0.306 e. The predicted octanol–water partition coefficient (Wildman–Crippen LogP) is -0.293. The molecule has 0 saturated carbocycles. The lowest BCUT2D eigenvalue weighted by Gasteiger charge is -2.30. The average molecular weight is 336 g/mol. The lowest BCUT2D eigenvalue weighted by atomic mass is 9.96. The summed E-state index contributed by atoms with van der Waals surface area (Å²) in [5.41, 5.74) is 2.50. The SMILES string of the molecule is Cn1nc(C(=O)N2CCC(C(=O)O)CC2)c2c1CCN(CCO)C2. The maximum absolute atomic E-state index is 12.9. The van der Waals surface area contributed by atoms with E-state index in [9.17, 15) is 9.59 Å². The van der Waals surface area contributed by atoms with Gasteiger partial charge in [-0.2, -0.15) is 5.10 Å². The first-order valence-electron chi connectivity index (χ1n) is 8.41. The molecule has 0 aromatic carbocycles. The number of aliphatic carboxylic acids is 1. The Hall–Kier alpha value is -1.93. The molecule has 0 bridgehead atoms. The molecule has 132 valence electrons. The third kappa shape index (κ3) is 3.16. The van der Waals surface area contributed by atoms with Crippen molar-refractivity contribution >= 4 is 11.9 Å².